The molecule has 0 radical (unpaired) electrons. The number of ether oxygens (including phenoxy) is 2. The number of carbonyl (C=O) groups is 1. The van der Waals surface area contributed by atoms with Gasteiger partial charge in [0.2, 0.25) is 5.91 Å². The number of guanidine groups is 1. The molecule has 8 nitrogen and oxygen atoms in total. The number of methoxy groups -OCH3 is 1. The zero-order chi connectivity index (χ0) is 19.3. The van der Waals surface area contributed by atoms with E-state index in [4.69, 9.17) is 9.47 Å². The smallest absolute Gasteiger partial charge is 0.239 e. The van der Waals surface area contributed by atoms with Crippen LogP contribution in [0.2, 0.25) is 0 Å². The summed E-state index contributed by atoms with van der Waals surface area (Å²) in [5.41, 5.74) is 2.51. The van der Waals surface area contributed by atoms with Crippen LogP contribution in [0.4, 0.5) is 0 Å². The molecule has 1 saturated heterocycles. The molecule has 0 aromatic heterocycles. The summed E-state index contributed by atoms with van der Waals surface area (Å²) < 4.78 is 10.3. The fourth-order valence-electron chi connectivity index (χ4n) is 2.80. The molecule has 0 aliphatic carbocycles. The number of aliphatic imine (C=N–C) groups is 1. The molecular formula is C19H31N5O3. The Balaban J connectivity index is 1.80. The van der Waals surface area contributed by atoms with Crippen LogP contribution in [0.3, 0.4) is 0 Å². The summed E-state index contributed by atoms with van der Waals surface area (Å²) >= 11 is 0. The fourth-order valence-corrected chi connectivity index (χ4v) is 2.80. The Kier molecular flexibility index (Phi) is 9.61. The normalized spacial score (nSPS) is 15.4. The minimum absolute atomic E-state index is 0.0947. The van der Waals surface area contributed by atoms with Crippen LogP contribution in [0.25, 0.3) is 0 Å². The summed E-state index contributed by atoms with van der Waals surface area (Å²) in [4.78, 5) is 18.3. The van der Waals surface area contributed by atoms with E-state index < -0.39 is 0 Å². The van der Waals surface area contributed by atoms with Crippen molar-refractivity contribution in [3.05, 3.63) is 35.4 Å². The predicted molar refractivity (Wildman–Crippen MR) is 106 cm³/mol. The number of carbonyl (C=O) groups excluding carboxylic acids is 1. The number of benzene rings is 1. The van der Waals surface area contributed by atoms with Crippen molar-refractivity contribution >= 4 is 11.9 Å². The Morgan fingerprint density at radius 3 is 2.63 bits per heavy atom. The van der Waals surface area contributed by atoms with Crippen LogP contribution in [-0.2, 0) is 27.4 Å². The molecule has 0 unspecified atom stereocenters. The molecule has 0 atom stereocenters. The second-order valence-corrected chi connectivity index (χ2v) is 6.28. The molecule has 1 fully saturated rings. The molecule has 0 saturated carbocycles. The molecule has 3 N–H and O–H groups in total. The van der Waals surface area contributed by atoms with E-state index in [-0.39, 0.29) is 12.5 Å². The van der Waals surface area contributed by atoms with Crippen LogP contribution < -0.4 is 16.0 Å². The fraction of sp³-hybridized carbons (Fsp3) is 0.579. The van der Waals surface area contributed by atoms with E-state index in [1.807, 2.05) is 6.07 Å². The summed E-state index contributed by atoms with van der Waals surface area (Å²) in [5, 5.41) is 9.07. The number of morpholine rings is 1. The van der Waals surface area contributed by atoms with E-state index in [2.05, 4.69) is 44.0 Å². The highest BCUT2D eigenvalue weighted by atomic mass is 16.5. The van der Waals surface area contributed by atoms with Gasteiger partial charge in [-0.2, -0.15) is 0 Å². The van der Waals surface area contributed by atoms with Gasteiger partial charge in [-0.1, -0.05) is 24.3 Å². The molecule has 1 aliphatic heterocycles. The number of hydrogen-bond acceptors (Lipinski definition) is 5. The van der Waals surface area contributed by atoms with E-state index in [1.54, 1.807) is 14.2 Å². The number of nitrogens with one attached hydrogen (secondary N) is 3. The quantitative estimate of drug-likeness (QED) is 0.318. The molecule has 0 bridgehead atoms. The first-order valence-corrected chi connectivity index (χ1v) is 9.30. The SMILES string of the molecule is CN=C(NCC(=O)NCCOC)NCc1ccccc1CN1CCOCC1. The lowest BCUT2D eigenvalue weighted by molar-refractivity contribution is -0.120. The van der Waals surface area contributed by atoms with E-state index in [1.165, 1.54) is 11.1 Å². The summed E-state index contributed by atoms with van der Waals surface area (Å²) in [5.74, 6) is 0.501. The number of rotatable bonds is 9. The van der Waals surface area contributed by atoms with Crippen LogP contribution >= 0.6 is 0 Å². The summed E-state index contributed by atoms with van der Waals surface area (Å²) in [6.45, 7) is 6.23. The van der Waals surface area contributed by atoms with Crippen LogP contribution in [-0.4, -0.2) is 76.9 Å². The molecule has 0 spiro atoms. The highest BCUT2D eigenvalue weighted by Gasteiger charge is 2.13. The molecule has 27 heavy (non-hydrogen) atoms. The minimum Gasteiger partial charge on any atom is -0.383 e. The van der Waals surface area contributed by atoms with Crippen molar-refractivity contribution in [2.75, 3.05) is 60.2 Å². The lowest BCUT2D eigenvalue weighted by Gasteiger charge is -2.27. The van der Waals surface area contributed by atoms with Gasteiger partial charge < -0.3 is 25.4 Å². The van der Waals surface area contributed by atoms with Crippen molar-refractivity contribution in [1.82, 2.24) is 20.9 Å². The van der Waals surface area contributed by atoms with Gasteiger partial charge >= 0.3 is 0 Å². The van der Waals surface area contributed by atoms with Crippen molar-refractivity contribution in [1.29, 1.82) is 0 Å². The van der Waals surface area contributed by atoms with Crippen LogP contribution in [0.1, 0.15) is 11.1 Å². The monoisotopic (exact) mass is 377 g/mol. The number of amides is 1. The van der Waals surface area contributed by atoms with E-state index >= 15 is 0 Å². The molecule has 1 aromatic rings. The molecule has 8 heteroatoms. The van der Waals surface area contributed by atoms with Gasteiger partial charge in [-0.05, 0) is 11.1 Å². The van der Waals surface area contributed by atoms with Crippen molar-refractivity contribution in [2.24, 2.45) is 4.99 Å². The van der Waals surface area contributed by atoms with Crippen molar-refractivity contribution < 1.29 is 14.3 Å². The zero-order valence-electron chi connectivity index (χ0n) is 16.3. The zero-order valence-corrected chi connectivity index (χ0v) is 16.3. The van der Waals surface area contributed by atoms with Gasteiger partial charge in [0.05, 0.1) is 26.4 Å². The van der Waals surface area contributed by atoms with Gasteiger partial charge in [-0.15, -0.1) is 0 Å². The minimum atomic E-state index is -0.0947. The Labute approximate surface area is 161 Å². The molecule has 1 amide bonds. The van der Waals surface area contributed by atoms with Crippen molar-refractivity contribution in [3.8, 4) is 0 Å². The Morgan fingerprint density at radius 1 is 1.19 bits per heavy atom. The lowest BCUT2D eigenvalue weighted by atomic mass is 10.1. The van der Waals surface area contributed by atoms with E-state index in [0.717, 1.165) is 32.8 Å². The maximum atomic E-state index is 11.8. The number of hydrogen-bond donors (Lipinski definition) is 3. The molecular weight excluding hydrogens is 346 g/mol. The van der Waals surface area contributed by atoms with Crippen LogP contribution in [0.5, 0.6) is 0 Å². The second kappa shape index (κ2) is 12.3. The topological polar surface area (TPSA) is 87.2 Å². The molecule has 1 aromatic carbocycles. The largest absolute Gasteiger partial charge is 0.383 e. The first kappa shape index (κ1) is 21.1. The first-order valence-electron chi connectivity index (χ1n) is 9.30. The molecule has 1 aliphatic rings. The highest BCUT2D eigenvalue weighted by molar-refractivity contribution is 5.86. The summed E-state index contributed by atoms with van der Waals surface area (Å²) in [6, 6.07) is 8.38. The van der Waals surface area contributed by atoms with Crippen molar-refractivity contribution in [2.45, 2.75) is 13.1 Å². The molecule has 2 rings (SSSR count). The highest BCUT2D eigenvalue weighted by Crippen LogP contribution is 2.12. The standard InChI is InChI=1S/C19H31N5O3/c1-20-19(23-14-18(25)21-7-10-26-2)22-13-16-5-3-4-6-17(16)15-24-8-11-27-12-9-24/h3-6H,7-15H2,1-2H3,(H,21,25)(H2,20,22,23). The Bertz CT molecular complexity index is 603. The third-order valence-corrected chi connectivity index (χ3v) is 4.33. The first-order chi connectivity index (χ1) is 13.2. The molecule has 1 heterocycles. The molecule has 150 valence electrons. The maximum absolute atomic E-state index is 11.8. The van der Waals surface area contributed by atoms with Gasteiger partial charge in [-0.25, -0.2) is 0 Å². The maximum Gasteiger partial charge on any atom is 0.239 e. The summed E-state index contributed by atoms with van der Waals surface area (Å²) in [6.07, 6.45) is 0. The van der Waals surface area contributed by atoms with Gasteiger partial charge in [-0.3, -0.25) is 14.7 Å². The third-order valence-electron chi connectivity index (χ3n) is 4.33. The second-order valence-electron chi connectivity index (χ2n) is 6.28. The van der Waals surface area contributed by atoms with E-state index in [9.17, 15) is 4.79 Å². The lowest BCUT2D eigenvalue weighted by Crippen LogP contribution is -2.43. The van der Waals surface area contributed by atoms with Crippen molar-refractivity contribution in [3.63, 3.8) is 0 Å². The third kappa shape index (κ3) is 7.94. The summed E-state index contributed by atoms with van der Waals surface area (Å²) in [7, 11) is 3.30. The average molecular weight is 377 g/mol. The average Bonchev–Trinajstić information content (AvgIpc) is 2.70. The van der Waals surface area contributed by atoms with Crippen LogP contribution in [0.15, 0.2) is 29.3 Å². The Hall–Kier alpha value is -2.16. The van der Waals surface area contributed by atoms with E-state index in [0.29, 0.717) is 25.7 Å². The van der Waals surface area contributed by atoms with Crippen LogP contribution in [0, 0.1) is 0 Å². The van der Waals surface area contributed by atoms with Gasteiger partial charge in [0.25, 0.3) is 0 Å². The Morgan fingerprint density at radius 2 is 1.93 bits per heavy atom. The van der Waals surface area contributed by atoms with Gasteiger partial charge in [0, 0.05) is 46.9 Å². The predicted octanol–water partition coefficient (Wildman–Crippen LogP) is -0.0536. The van der Waals surface area contributed by atoms with Gasteiger partial charge in [0.1, 0.15) is 0 Å². The number of nitrogens with zero attached hydrogens (tertiary/aromatic N) is 2. The van der Waals surface area contributed by atoms with Gasteiger partial charge in [0.15, 0.2) is 5.96 Å².